The molecule has 1 aromatic carbocycles. The van der Waals surface area contributed by atoms with Gasteiger partial charge in [-0.1, -0.05) is 37.8 Å². The smallest absolute Gasteiger partial charge is 0.252 e. The van der Waals surface area contributed by atoms with Gasteiger partial charge in [-0.05, 0) is 25.0 Å². The summed E-state index contributed by atoms with van der Waals surface area (Å²) < 4.78 is 0. The lowest BCUT2D eigenvalue weighted by molar-refractivity contribution is -0.115. The molecule has 1 aromatic rings. The van der Waals surface area contributed by atoms with Gasteiger partial charge in [0, 0.05) is 10.9 Å². The van der Waals surface area contributed by atoms with E-state index in [1.54, 1.807) is 6.07 Å². The van der Waals surface area contributed by atoms with Crippen molar-refractivity contribution in [3.63, 3.8) is 0 Å². The van der Waals surface area contributed by atoms with E-state index in [1.807, 2.05) is 18.2 Å². The Bertz CT molecular complexity index is 497. The summed E-state index contributed by atoms with van der Waals surface area (Å²) in [6.07, 6.45) is 7.01. The quantitative estimate of drug-likeness (QED) is 0.649. The lowest BCUT2D eigenvalue weighted by atomic mass is 10.1. The molecule has 0 unspecified atom stereocenters. The molecular weight excluding hydrogens is 284 g/mol. The summed E-state index contributed by atoms with van der Waals surface area (Å²) in [5.74, 6) is -0.235. The predicted octanol–water partition coefficient (Wildman–Crippen LogP) is 2.72. The largest absolute Gasteiger partial charge is 0.369 e. The van der Waals surface area contributed by atoms with Gasteiger partial charge in [0.05, 0.1) is 11.3 Å². The second-order valence-corrected chi connectivity index (χ2v) is 6.43. The van der Waals surface area contributed by atoms with Crippen molar-refractivity contribution >= 4 is 23.6 Å². The zero-order valence-corrected chi connectivity index (χ0v) is 13.0. The van der Waals surface area contributed by atoms with E-state index in [0.717, 1.165) is 17.7 Å². The maximum absolute atomic E-state index is 12.5. The zero-order valence-electron chi connectivity index (χ0n) is 12.1. The minimum atomic E-state index is -0.376. The summed E-state index contributed by atoms with van der Waals surface area (Å²) in [4.78, 5) is 24.2. The Labute approximate surface area is 129 Å². The van der Waals surface area contributed by atoms with Crippen molar-refractivity contribution in [2.75, 3.05) is 5.75 Å². The Balaban J connectivity index is 2.02. The molecule has 1 fully saturated rings. The van der Waals surface area contributed by atoms with Crippen LogP contribution in [0.3, 0.4) is 0 Å². The molecule has 2 rings (SSSR count). The van der Waals surface area contributed by atoms with Crippen molar-refractivity contribution in [1.82, 2.24) is 5.32 Å². The molecule has 0 radical (unpaired) electrons. The van der Waals surface area contributed by atoms with Gasteiger partial charge < -0.3 is 11.1 Å². The Hall–Kier alpha value is -1.49. The average Bonchev–Trinajstić information content (AvgIpc) is 2.74. The lowest BCUT2D eigenvalue weighted by Crippen LogP contribution is -2.34. The molecule has 0 aromatic heterocycles. The Kier molecular flexibility index (Phi) is 6.11. The van der Waals surface area contributed by atoms with E-state index in [-0.39, 0.29) is 23.6 Å². The molecule has 0 bridgehead atoms. The molecule has 3 N–H and O–H groups in total. The fourth-order valence-corrected chi connectivity index (χ4v) is 3.40. The van der Waals surface area contributed by atoms with Crippen LogP contribution in [0, 0.1) is 0 Å². The van der Waals surface area contributed by atoms with E-state index in [9.17, 15) is 9.59 Å². The summed E-state index contributed by atoms with van der Waals surface area (Å²) in [6, 6.07) is 7.64. The first-order valence-corrected chi connectivity index (χ1v) is 8.46. The molecule has 0 aliphatic heterocycles. The predicted molar refractivity (Wildman–Crippen MR) is 85.3 cm³/mol. The second-order valence-electron chi connectivity index (χ2n) is 5.41. The molecule has 114 valence electrons. The number of carbonyl (C=O) groups is 2. The molecule has 1 saturated carbocycles. The molecule has 21 heavy (non-hydrogen) atoms. The molecule has 0 atom stereocenters. The van der Waals surface area contributed by atoms with Gasteiger partial charge in [0.1, 0.15) is 0 Å². The summed E-state index contributed by atoms with van der Waals surface area (Å²) >= 11 is 1.31. The van der Waals surface area contributed by atoms with Crippen molar-refractivity contribution in [3.8, 4) is 0 Å². The molecule has 0 heterocycles. The van der Waals surface area contributed by atoms with Crippen LogP contribution in [0.15, 0.2) is 29.2 Å². The van der Waals surface area contributed by atoms with Gasteiger partial charge in [-0.2, -0.15) is 0 Å². The van der Waals surface area contributed by atoms with E-state index < -0.39 is 0 Å². The molecular formula is C16H22N2O2S. The van der Waals surface area contributed by atoms with Gasteiger partial charge in [-0.25, -0.2) is 0 Å². The van der Waals surface area contributed by atoms with Crippen molar-refractivity contribution < 1.29 is 9.59 Å². The van der Waals surface area contributed by atoms with Gasteiger partial charge in [0.2, 0.25) is 5.91 Å². The van der Waals surface area contributed by atoms with E-state index >= 15 is 0 Å². The molecule has 2 amide bonds. The zero-order chi connectivity index (χ0) is 15.1. The van der Waals surface area contributed by atoms with Crippen molar-refractivity contribution in [2.24, 2.45) is 5.73 Å². The number of thioether (sulfide) groups is 1. The number of rotatable bonds is 5. The molecule has 4 nitrogen and oxygen atoms in total. The van der Waals surface area contributed by atoms with Crippen LogP contribution in [0.1, 0.15) is 48.9 Å². The minimum absolute atomic E-state index is 0.0468. The Morgan fingerprint density at radius 3 is 2.48 bits per heavy atom. The normalized spacial score (nSPS) is 16.2. The van der Waals surface area contributed by atoms with Crippen LogP contribution in [-0.4, -0.2) is 23.6 Å². The SMILES string of the molecule is NC(=O)CSc1ccccc1C(=O)NC1CCCCCC1. The van der Waals surface area contributed by atoms with Crippen molar-refractivity contribution in [2.45, 2.75) is 49.5 Å². The second kappa shape index (κ2) is 8.08. The van der Waals surface area contributed by atoms with Crippen LogP contribution in [0.25, 0.3) is 0 Å². The Morgan fingerprint density at radius 1 is 1.14 bits per heavy atom. The van der Waals surface area contributed by atoms with Crippen LogP contribution < -0.4 is 11.1 Å². The van der Waals surface area contributed by atoms with Crippen LogP contribution >= 0.6 is 11.8 Å². The van der Waals surface area contributed by atoms with Crippen molar-refractivity contribution in [1.29, 1.82) is 0 Å². The van der Waals surface area contributed by atoms with Gasteiger partial charge >= 0.3 is 0 Å². The summed E-state index contributed by atoms with van der Waals surface area (Å²) in [7, 11) is 0. The maximum Gasteiger partial charge on any atom is 0.252 e. The van der Waals surface area contributed by atoms with E-state index in [1.165, 1.54) is 37.4 Å². The maximum atomic E-state index is 12.5. The average molecular weight is 306 g/mol. The highest BCUT2D eigenvalue weighted by Crippen LogP contribution is 2.23. The summed E-state index contributed by atoms with van der Waals surface area (Å²) in [5, 5.41) is 3.13. The third-order valence-corrected chi connectivity index (χ3v) is 4.79. The van der Waals surface area contributed by atoms with Crippen LogP contribution in [0.2, 0.25) is 0 Å². The van der Waals surface area contributed by atoms with E-state index in [2.05, 4.69) is 5.32 Å². The topological polar surface area (TPSA) is 72.2 Å². The number of primary amides is 1. The first-order chi connectivity index (χ1) is 10.2. The molecule has 1 aliphatic rings. The summed E-state index contributed by atoms with van der Waals surface area (Å²) in [6.45, 7) is 0. The highest BCUT2D eigenvalue weighted by Gasteiger charge is 2.18. The van der Waals surface area contributed by atoms with Gasteiger partial charge in [-0.3, -0.25) is 9.59 Å². The Morgan fingerprint density at radius 2 is 1.81 bits per heavy atom. The fourth-order valence-electron chi connectivity index (χ4n) is 2.62. The summed E-state index contributed by atoms with van der Waals surface area (Å²) in [5.41, 5.74) is 5.81. The van der Waals surface area contributed by atoms with Gasteiger partial charge in [0.25, 0.3) is 5.91 Å². The van der Waals surface area contributed by atoms with E-state index in [4.69, 9.17) is 5.73 Å². The molecule has 5 heteroatoms. The first kappa shape index (κ1) is 15.9. The van der Waals surface area contributed by atoms with Crippen LogP contribution in [0.5, 0.6) is 0 Å². The third kappa shape index (κ3) is 5.08. The number of benzene rings is 1. The number of hydrogen-bond donors (Lipinski definition) is 2. The number of amides is 2. The molecule has 0 saturated heterocycles. The lowest BCUT2D eigenvalue weighted by Gasteiger charge is -2.17. The van der Waals surface area contributed by atoms with Gasteiger partial charge in [-0.15, -0.1) is 11.8 Å². The molecule has 1 aliphatic carbocycles. The van der Waals surface area contributed by atoms with E-state index in [0.29, 0.717) is 5.56 Å². The van der Waals surface area contributed by atoms with Crippen LogP contribution in [0.4, 0.5) is 0 Å². The monoisotopic (exact) mass is 306 g/mol. The van der Waals surface area contributed by atoms with Crippen LogP contribution in [-0.2, 0) is 4.79 Å². The number of nitrogens with two attached hydrogens (primary N) is 1. The molecule has 0 spiro atoms. The number of carbonyl (C=O) groups excluding carboxylic acids is 2. The highest BCUT2D eigenvalue weighted by atomic mass is 32.2. The number of nitrogens with one attached hydrogen (secondary N) is 1. The minimum Gasteiger partial charge on any atom is -0.369 e. The highest BCUT2D eigenvalue weighted by molar-refractivity contribution is 8.00. The number of hydrogen-bond acceptors (Lipinski definition) is 3. The van der Waals surface area contributed by atoms with Crippen molar-refractivity contribution in [3.05, 3.63) is 29.8 Å². The fraction of sp³-hybridized carbons (Fsp3) is 0.500. The first-order valence-electron chi connectivity index (χ1n) is 7.48. The standard InChI is InChI=1S/C16H22N2O2S/c17-15(19)11-21-14-10-6-5-9-13(14)16(20)18-12-7-3-1-2-4-8-12/h5-6,9-10,12H,1-4,7-8,11H2,(H2,17,19)(H,18,20). The third-order valence-electron chi connectivity index (χ3n) is 3.69. The van der Waals surface area contributed by atoms with Gasteiger partial charge in [0.15, 0.2) is 0 Å².